The molecular weight excluding hydrogens is 420 g/mol. The molecule has 0 saturated heterocycles. The zero-order valence-electron chi connectivity index (χ0n) is 17.9. The molecule has 2 aromatic rings. The lowest BCUT2D eigenvalue weighted by molar-refractivity contribution is 0.0734. The number of hydrogen-bond donors (Lipinski definition) is 1. The van der Waals surface area contributed by atoms with Crippen molar-refractivity contribution in [1.82, 2.24) is 4.67 Å². The van der Waals surface area contributed by atoms with Gasteiger partial charge in [-0.1, -0.05) is 24.4 Å². The third-order valence-electron chi connectivity index (χ3n) is 4.61. The topological polar surface area (TPSA) is 62.0 Å². The second kappa shape index (κ2) is 12.3. The molecule has 0 N–H and O–H groups in total. The number of benzene rings is 2. The lowest BCUT2D eigenvalue weighted by Crippen LogP contribution is -2.08. The van der Waals surface area contributed by atoms with Gasteiger partial charge in [-0.15, -0.1) is 0 Å². The molecule has 32 heavy (non-hydrogen) atoms. The van der Waals surface area contributed by atoms with E-state index in [0.717, 1.165) is 41.9 Å². The number of hydrogen-bond acceptors (Lipinski definition) is 5. The smallest absolute Gasteiger partial charge is 0.343 e. The van der Waals surface area contributed by atoms with Crippen LogP contribution in [0.25, 0.3) is 0 Å². The van der Waals surface area contributed by atoms with Gasteiger partial charge < -0.3 is 9.47 Å². The highest BCUT2D eigenvalue weighted by Crippen LogP contribution is 2.17. The second-order valence-electron chi connectivity index (χ2n) is 7.06. The van der Waals surface area contributed by atoms with Crippen molar-refractivity contribution in [3.8, 4) is 11.5 Å². The minimum atomic E-state index is -0.411. The van der Waals surface area contributed by atoms with Crippen LogP contribution in [0.5, 0.6) is 11.5 Å². The summed E-state index contributed by atoms with van der Waals surface area (Å²) in [6.07, 6.45) is 12.5. The highest BCUT2D eigenvalue weighted by atomic mass is 32.1. The van der Waals surface area contributed by atoms with Crippen molar-refractivity contribution in [2.24, 2.45) is 4.40 Å². The van der Waals surface area contributed by atoms with Gasteiger partial charge in [0.25, 0.3) is 6.21 Å². The van der Waals surface area contributed by atoms with E-state index in [-0.39, 0.29) is 0 Å². The van der Waals surface area contributed by atoms with Crippen molar-refractivity contribution in [3.05, 3.63) is 89.5 Å². The van der Waals surface area contributed by atoms with E-state index in [9.17, 15) is 4.79 Å². The van der Waals surface area contributed by atoms with Crippen molar-refractivity contribution in [2.75, 3.05) is 6.61 Å². The minimum Gasteiger partial charge on any atom is -0.494 e. The van der Waals surface area contributed by atoms with E-state index in [2.05, 4.69) is 34.7 Å². The third-order valence-corrected chi connectivity index (χ3v) is 4.71. The Hall–Kier alpha value is -3.56. The lowest BCUT2D eigenvalue weighted by Gasteiger charge is -2.07. The molecule has 0 amide bonds. The maximum Gasteiger partial charge on any atom is 0.343 e. The maximum absolute atomic E-state index is 12.4. The summed E-state index contributed by atoms with van der Waals surface area (Å²) < 4.78 is 19.1. The minimum absolute atomic E-state index is 0.411. The highest BCUT2D eigenvalue weighted by molar-refractivity contribution is 7.78. The van der Waals surface area contributed by atoms with Crippen molar-refractivity contribution in [2.45, 2.75) is 26.2 Å². The zero-order valence-corrected chi connectivity index (χ0v) is 18.8. The Morgan fingerprint density at radius 2 is 1.69 bits per heavy atom. The fraction of sp³-hybridized carbons (Fsp3) is 0.192. The first-order chi connectivity index (χ1) is 15.7. The van der Waals surface area contributed by atoms with Crippen LogP contribution in [0.15, 0.2) is 82.8 Å². The molecule has 162 valence electrons. The standard InChI is InChI=1S/C26H24N2O3S/c1-2-3-4-17-30-24-15-9-22(10-16-24)26(29)31-25-13-7-20(8-14-25)18-27-23-11-5-21(6-12-23)19-28-32/h5-16,18H,2-4,17H2,1H3/p+1. The van der Waals surface area contributed by atoms with E-state index in [1.54, 1.807) is 42.6 Å². The Labute approximate surface area is 193 Å². The monoisotopic (exact) mass is 445 g/mol. The summed E-state index contributed by atoms with van der Waals surface area (Å²) in [5.41, 5.74) is 3.00. The van der Waals surface area contributed by atoms with Gasteiger partial charge in [0.1, 0.15) is 11.5 Å². The van der Waals surface area contributed by atoms with Crippen LogP contribution in [0.1, 0.15) is 42.1 Å². The fourth-order valence-corrected chi connectivity index (χ4v) is 2.96. The molecule has 0 aliphatic heterocycles. The summed E-state index contributed by atoms with van der Waals surface area (Å²) in [5, 5.41) is 0. The zero-order chi connectivity index (χ0) is 22.6. The summed E-state index contributed by atoms with van der Waals surface area (Å²) in [4.78, 5) is 12.4. The number of unbranched alkanes of at least 4 members (excludes halogenated alkanes) is 2. The maximum atomic E-state index is 12.4. The van der Waals surface area contributed by atoms with Crippen molar-refractivity contribution < 1.29 is 14.3 Å². The van der Waals surface area contributed by atoms with Crippen molar-refractivity contribution in [1.29, 1.82) is 0 Å². The molecule has 0 bridgehead atoms. The molecule has 0 heterocycles. The Morgan fingerprint density at radius 3 is 2.34 bits per heavy atom. The molecular formula is C26H25N2O3S+. The molecule has 0 saturated carbocycles. The summed E-state index contributed by atoms with van der Waals surface area (Å²) in [6, 6.07) is 14.2. The summed E-state index contributed by atoms with van der Waals surface area (Å²) in [7, 11) is 0. The van der Waals surface area contributed by atoms with Gasteiger partial charge in [-0.05, 0) is 79.9 Å². The molecule has 0 spiro atoms. The summed E-state index contributed by atoms with van der Waals surface area (Å²) >= 11 is 3.77. The van der Waals surface area contributed by atoms with Gasteiger partial charge in [0.15, 0.2) is 0 Å². The summed E-state index contributed by atoms with van der Waals surface area (Å²) in [6.45, 7) is 2.84. The summed E-state index contributed by atoms with van der Waals surface area (Å²) in [5.74, 6) is 3.56. The van der Waals surface area contributed by atoms with E-state index in [1.807, 2.05) is 36.4 Å². The number of ether oxygens (including phenoxy) is 2. The molecule has 6 heteroatoms. The number of rotatable bonds is 8. The van der Waals surface area contributed by atoms with Crippen LogP contribution in [0.4, 0.5) is 0 Å². The van der Waals surface area contributed by atoms with E-state index in [0.29, 0.717) is 17.9 Å². The average Bonchev–Trinajstić information content (AvgIpc) is 2.83. The molecule has 2 aromatic carbocycles. The van der Waals surface area contributed by atoms with Crippen LogP contribution in [0.3, 0.4) is 0 Å². The predicted molar refractivity (Wildman–Crippen MR) is 133 cm³/mol. The van der Waals surface area contributed by atoms with Gasteiger partial charge in [0.2, 0.25) is 0 Å². The molecule has 0 unspecified atom stereocenters. The van der Waals surface area contributed by atoms with Gasteiger partial charge in [-0.3, -0.25) is 0 Å². The molecule has 1 aliphatic rings. The van der Waals surface area contributed by atoms with Crippen LogP contribution in [0.2, 0.25) is 0 Å². The highest BCUT2D eigenvalue weighted by Gasteiger charge is 2.10. The number of nitrogens with zero attached hydrogens (tertiary/aromatic N) is 2. The van der Waals surface area contributed by atoms with Gasteiger partial charge in [0, 0.05) is 23.6 Å². The first kappa shape index (κ1) is 23.1. The predicted octanol–water partition coefficient (Wildman–Crippen LogP) is 4.97. The number of carbonyl (C=O) groups excluding carboxylic acids is 1. The number of carbonyl (C=O) groups is 1. The molecule has 0 radical (unpaired) electrons. The van der Waals surface area contributed by atoms with Gasteiger partial charge >= 0.3 is 11.7 Å². The SMILES string of the molecule is CCCCCOc1ccc(C(=O)Oc2ccc(C=[N+]=C3C=CC(=C=NS)C=C3)cc2)cc1. The van der Waals surface area contributed by atoms with Crippen LogP contribution in [-0.4, -0.2) is 30.4 Å². The first-order valence-electron chi connectivity index (χ1n) is 10.5. The van der Waals surface area contributed by atoms with Crippen molar-refractivity contribution >= 4 is 36.6 Å². The number of esters is 1. The van der Waals surface area contributed by atoms with E-state index in [1.165, 1.54) is 0 Å². The van der Waals surface area contributed by atoms with Crippen LogP contribution < -0.4 is 14.1 Å². The quantitative estimate of drug-likeness (QED) is 0.156. The second-order valence-corrected chi connectivity index (χ2v) is 7.26. The Morgan fingerprint density at radius 1 is 1.00 bits per heavy atom. The Kier molecular flexibility index (Phi) is 8.91. The molecule has 0 fully saturated rings. The van der Waals surface area contributed by atoms with E-state index in [4.69, 9.17) is 9.47 Å². The molecule has 3 rings (SSSR count). The van der Waals surface area contributed by atoms with Crippen LogP contribution >= 0.6 is 12.8 Å². The fourth-order valence-electron chi connectivity index (χ4n) is 2.85. The van der Waals surface area contributed by atoms with E-state index < -0.39 is 5.97 Å². The number of allylic oxidation sites excluding steroid dienone is 5. The number of thiol groups is 1. The first-order valence-corrected chi connectivity index (χ1v) is 10.9. The van der Waals surface area contributed by atoms with E-state index >= 15 is 0 Å². The lowest BCUT2D eigenvalue weighted by atomic mass is 10.1. The molecule has 0 aromatic heterocycles. The van der Waals surface area contributed by atoms with Gasteiger partial charge in [0.05, 0.1) is 17.7 Å². The van der Waals surface area contributed by atoms with Crippen LogP contribution in [0, 0.1) is 0 Å². The van der Waals surface area contributed by atoms with Gasteiger partial charge in [-0.25, -0.2) is 4.79 Å². The molecule has 5 nitrogen and oxygen atoms in total. The van der Waals surface area contributed by atoms with Crippen molar-refractivity contribution in [3.63, 3.8) is 0 Å². The Bertz CT molecular complexity index is 1100. The van der Waals surface area contributed by atoms with Gasteiger partial charge in [-0.2, -0.15) is 4.40 Å². The average molecular weight is 446 g/mol. The third kappa shape index (κ3) is 7.29. The largest absolute Gasteiger partial charge is 0.494 e. The normalized spacial score (nSPS) is 12.1. The Balaban J connectivity index is 1.56. The molecule has 1 aliphatic carbocycles. The molecule has 0 atom stereocenters. The van der Waals surface area contributed by atoms with Crippen LogP contribution in [-0.2, 0) is 0 Å².